The Morgan fingerprint density at radius 2 is 2.08 bits per heavy atom. The lowest BCUT2D eigenvalue weighted by atomic mass is 10.0. The summed E-state index contributed by atoms with van der Waals surface area (Å²) in [5, 5.41) is 11.5. The van der Waals surface area contributed by atoms with Crippen molar-refractivity contribution >= 4 is 11.8 Å². The number of hydrogen-bond acceptors (Lipinski definition) is 7. The third kappa shape index (κ3) is 4.53. The van der Waals surface area contributed by atoms with Gasteiger partial charge in [0.25, 0.3) is 0 Å². The Balaban J connectivity index is 1.57. The van der Waals surface area contributed by atoms with Crippen LogP contribution in [0.1, 0.15) is 25.3 Å². The first-order chi connectivity index (χ1) is 12.7. The van der Waals surface area contributed by atoms with Crippen molar-refractivity contribution in [2.24, 2.45) is 5.92 Å². The molecule has 1 fully saturated rings. The minimum Gasteiger partial charge on any atom is -0.493 e. The maximum absolute atomic E-state index is 5.35. The maximum atomic E-state index is 5.35. The molecule has 26 heavy (non-hydrogen) atoms. The smallest absolute Gasteiger partial charge is 0.244 e. The van der Waals surface area contributed by atoms with Gasteiger partial charge in [-0.2, -0.15) is 10.1 Å². The van der Waals surface area contributed by atoms with Crippen LogP contribution in [0.5, 0.6) is 11.5 Å². The van der Waals surface area contributed by atoms with Gasteiger partial charge < -0.3 is 19.7 Å². The maximum Gasteiger partial charge on any atom is 0.244 e. The molecule has 1 saturated heterocycles. The van der Waals surface area contributed by atoms with E-state index < -0.39 is 0 Å². The van der Waals surface area contributed by atoms with Crippen molar-refractivity contribution in [2.75, 3.05) is 44.1 Å². The van der Waals surface area contributed by atoms with Gasteiger partial charge >= 0.3 is 0 Å². The van der Waals surface area contributed by atoms with Crippen LogP contribution >= 0.6 is 0 Å². The van der Waals surface area contributed by atoms with E-state index in [0.29, 0.717) is 11.9 Å². The quantitative estimate of drug-likeness (QED) is 0.817. The van der Waals surface area contributed by atoms with Crippen molar-refractivity contribution in [2.45, 2.75) is 26.2 Å². The molecule has 0 amide bonds. The van der Waals surface area contributed by atoms with E-state index in [1.165, 1.54) is 12.8 Å². The van der Waals surface area contributed by atoms with Gasteiger partial charge in [0.1, 0.15) is 0 Å². The number of benzene rings is 1. The Hall–Kier alpha value is -2.57. The minimum absolute atomic E-state index is 0.571. The Kier molecular flexibility index (Phi) is 6.09. The minimum atomic E-state index is 0.571. The zero-order valence-corrected chi connectivity index (χ0v) is 15.7. The van der Waals surface area contributed by atoms with E-state index in [2.05, 4.69) is 32.3 Å². The average Bonchev–Trinajstić information content (AvgIpc) is 2.68. The highest BCUT2D eigenvalue weighted by Gasteiger charge is 2.18. The summed E-state index contributed by atoms with van der Waals surface area (Å²) in [6, 6.07) is 5.95. The standard InChI is InChI=1S/C19H27N5O2/c1-14-5-4-10-24(13-14)18-12-21-23-19(22-18)20-9-8-15-6-7-16(25-2)17(11-15)26-3/h6-7,11-12,14H,4-5,8-10,13H2,1-3H3,(H,20,22,23). The van der Waals surface area contributed by atoms with E-state index in [0.717, 1.165) is 48.9 Å². The molecule has 1 aliphatic heterocycles. The molecule has 2 aromatic rings. The molecule has 0 spiro atoms. The Labute approximate surface area is 154 Å². The van der Waals surface area contributed by atoms with E-state index >= 15 is 0 Å². The van der Waals surface area contributed by atoms with Gasteiger partial charge in [-0.15, -0.1) is 5.10 Å². The van der Waals surface area contributed by atoms with E-state index in [1.807, 2.05) is 18.2 Å². The second-order valence-electron chi connectivity index (χ2n) is 6.70. The lowest BCUT2D eigenvalue weighted by molar-refractivity contribution is 0.354. The molecule has 7 heteroatoms. The fourth-order valence-corrected chi connectivity index (χ4v) is 3.27. The molecule has 1 unspecified atom stereocenters. The fraction of sp³-hybridized carbons (Fsp3) is 0.526. The normalized spacial score (nSPS) is 17.0. The molecule has 0 radical (unpaired) electrons. The lowest BCUT2D eigenvalue weighted by Gasteiger charge is -2.31. The van der Waals surface area contributed by atoms with Crippen LogP contribution in [0.15, 0.2) is 24.4 Å². The molecule has 1 aromatic heterocycles. The molecule has 1 aromatic carbocycles. The Morgan fingerprint density at radius 3 is 2.85 bits per heavy atom. The molecule has 0 bridgehead atoms. The zero-order valence-electron chi connectivity index (χ0n) is 15.7. The van der Waals surface area contributed by atoms with Gasteiger partial charge in [0.2, 0.25) is 5.95 Å². The molecule has 7 nitrogen and oxygen atoms in total. The van der Waals surface area contributed by atoms with E-state index in [4.69, 9.17) is 9.47 Å². The van der Waals surface area contributed by atoms with E-state index in [-0.39, 0.29) is 0 Å². The number of nitrogens with zero attached hydrogens (tertiary/aromatic N) is 4. The summed E-state index contributed by atoms with van der Waals surface area (Å²) in [5.41, 5.74) is 1.16. The van der Waals surface area contributed by atoms with Crippen molar-refractivity contribution in [3.63, 3.8) is 0 Å². The van der Waals surface area contributed by atoms with Crippen LogP contribution in [0.25, 0.3) is 0 Å². The van der Waals surface area contributed by atoms with Crippen molar-refractivity contribution in [1.82, 2.24) is 15.2 Å². The van der Waals surface area contributed by atoms with Gasteiger partial charge in [-0.05, 0) is 42.9 Å². The van der Waals surface area contributed by atoms with Gasteiger partial charge in [-0.1, -0.05) is 13.0 Å². The number of anilines is 2. The summed E-state index contributed by atoms with van der Waals surface area (Å²) in [6.45, 7) is 5.07. The first-order valence-electron chi connectivity index (χ1n) is 9.09. The van der Waals surface area contributed by atoms with Crippen LogP contribution in [-0.4, -0.2) is 49.0 Å². The largest absolute Gasteiger partial charge is 0.493 e. The summed E-state index contributed by atoms with van der Waals surface area (Å²) >= 11 is 0. The molecule has 3 rings (SSSR count). The first kappa shape index (κ1) is 18.2. The molecule has 0 saturated carbocycles. The second-order valence-corrected chi connectivity index (χ2v) is 6.70. The van der Waals surface area contributed by atoms with E-state index in [9.17, 15) is 0 Å². The van der Waals surface area contributed by atoms with Crippen LogP contribution < -0.4 is 19.7 Å². The van der Waals surface area contributed by atoms with Gasteiger partial charge in [-0.25, -0.2) is 0 Å². The molecular formula is C19H27N5O2. The predicted molar refractivity (Wildman–Crippen MR) is 102 cm³/mol. The topological polar surface area (TPSA) is 72.4 Å². The van der Waals surface area contributed by atoms with Gasteiger partial charge in [0, 0.05) is 19.6 Å². The number of nitrogens with one attached hydrogen (secondary N) is 1. The Bertz CT molecular complexity index is 725. The van der Waals surface area contributed by atoms with Crippen molar-refractivity contribution in [3.05, 3.63) is 30.0 Å². The monoisotopic (exact) mass is 357 g/mol. The molecule has 1 N–H and O–H groups in total. The zero-order chi connectivity index (χ0) is 18.4. The first-order valence-corrected chi connectivity index (χ1v) is 9.09. The Morgan fingerprint density at radius 1 is 1.23 bits per heavy atom. The van der Waals surface area contributed by atoms with Gasteiger partial charge in [0.05, 0.1) is 20.4 Å². The molecule has 1 atom stereocenters. The number of ether oxygens (including phenoxy) is 2. The summed E-state index contributed by atoms with van der Waals surface area (Å²) in [4.78, 5) is 6.91. The average molecular weight is 357 g/mol. The number of aromatic nitrogens is 3. The van der Waals surface area contributed by atoms with Crippen LogP contribution in [0.4, 0.5) is 11.8 Å². The summed E-state index contributed by atoms with van der Waals surface area (Å²) in [7, 11) is 3.28. The SMILES string of the molecule is COc1ccc(CCNc2nncc(N3CCCC(C)C3)n2)cc1OC. The fourth-order valence-electron chi connectivity index (χ4n) is 3.27. The third-order valence-electron chi connectivity index (χ3n) is 4.67. The van der Waals surface area contributed by atoms with Crippen molar-refractivity contribution < 1.29 is 9.47 Å². The van der Waals surface area contributed by atoms with Crippen molar-refractivity contribution in [3.8, 4) is 11.5 Å². The number of piperidine rings is 1. The number of methoxy groups -OCH3 is 2. The van der Waals surface area contributed by atoms with E-state index in [1.54, 1.807) is 20.4 Å². The summed E-state index contributed by atoms with van der Waals surface area (Å²) < 4.78 is 10.6. The number of hydrogen-bond donors (Lipinski definition) is 1. The highest BCUT2D eigenvalue weighted by molar-refractivity contribution is 5.43. The highest BCUT2D eigenvalue weighted by atomic mass is 16.5. The molecular weight excluding hydrogens is 330 g/mol. The molecule has 140 valence electrons. The molecule has 1 aliphatic rings. The van der Waals surface area contributed by atoms with Crippen LogP contribution in [0, 0.1) is 5.92 Å². The van der Waals surface area contributed by atoms with Crippen LogP contribution in [0.2, 0.25) is 0 Å². The van der Waals surface area contributed by atoms with Crippen LogP contribution in [-0.2, 0) is 6.42 Å². The van der Waals surface area contributed by atoms with Crippen LogP contribution in [0.3, 0.4) is 0 Å². The third-order valence-corrected chi connectivity index (χ3v) is 4.67. The van der Waals surface area contributed by atoms with Crippen molar-refractivity contribution in [1.29, 1.82) is 0 Å². The number of rotatable bonds is 7. The summed E-state index contributed by atoms with van der Waals surface area (Å²) in [5.74, 6) is 3.64. The predicted octanol–water partition coefficient (Wildman–Crippen LogP) is 2.78. The molecule has 0 aliphatic carbocycles. The summed E-state index contributed by atoms with van der Waals surface area (Å²) in [6.07, 6.45) is 5.06. The lowest BCUT2D eigenvalue weighted by Crippen LogP contribution is -2.35. The van der Waals surface area contributed by atoms with Gasteiger partial charge in [-0.3, -0.25) is 0 Å². The second kappa shape index (κ2) is 8.69. The molecule has 2 heterocycles. The van der Waals surface area contributed by atoms with Gasteiger partial charge in [0.15, 0.2) is 17.3 Å². The highest BCUT2D eigenvalue weighted by Crippen LogP contribution is 2.27.